The van der Waals surface area contributed by atoms with Crippen LogP contribution in [0.15, 0.2) is 30.5 Å². The second-order valence-corrected chi connectivity index (χ2v) is 7.71. The third kappa shape index (κ3) is 3.22. The molecule has 3 heterocycles. The predicted molar refractivity (Wildman–Crippen MR) is 107 cm³/mol. The second-order valence-electron chi connectivity index (χ2n) is 7.71. The van der Waals surface area contributed by atoms with Crippen molar-refractivity contribution in [3.8, 4) is 0 Å². The summed E-state index contributed by atoms with van der Waals surface area (Å²) in [6, 6.07) is 8.22. The van der Waals surface area contributed by atoms with Gasteiger partial charge in [0.05, 0.1) is 22.8 Å². The highest BCUT2D eigenvalue weighted by atomic mass is 16.2. The number of piperidine rings is 1. The van der Waals surface area contributed by atoms with E-state index in [-0.39, 0.29) is 11.9 Å². The summed E-state index contributed by atoms with van der Waals surface area (Å²) in [5.41, 5.74) is 5.81. The van der Waals surface area contributed by atoms with E-state index < -0.39 is 0 Å². The zero-order valence-electron chi connectivity index (χ0n) is 16.5. The molecule has 0 spiro atoms. The molecular formula is C22H26N4O. The molecule has 0 N–H and O–H groups in total. The molecule has 1 aliphatic heterocycles. The zero-order valence-corrected chi connectivity index (χ0v) is 16.5. The molecule has 0 radical (unpaired) electrons. The Balaban J connectivity index is 1.81. The predicted octanol–water partition coefficient (Wildman–Crippen LogP) is 4.26. The van der Waals surface area contributed by atoms with Crippen molar-refractivity contribution in [1.29, 1.82) is 0 Å². The molecule has 1 aromatic carbocycles. The number of hydrogen-bond donors (Lipinski definition) is 0. The molecular weight excluding hydrogens is 336 g/mol. The van der Waals surface area contributed by atoms with Gasteiger partial charge in [-0.25, -0.2) is 0 Å². The van der Waals surface area contributed by atoms with Gasteiger partial charge >= 0.3 is 0 Å². The monoisotopic (exact) mass is 362 g/mol. The lowest BCUT2D eigenvalue weighted by molar-refractivity contribution is 0.0607. The normalized spacial score (nSPS) is 17.5. The van der Waals surface area contributed by atoms with Gasteiger partial charge in [-0.2, -0.15) is 5.10 Å². The summed E-state index contributed by atoms with van der Waals surface area (Å²) in [7, 11) is 1.92. The molecule has 140 valence electrons. The molecule has 1 saturated heterocycles. The lowest BCUT2D eigenvalue weighted by atomic mass is 9.96. The minimum atomic E-state index is 0.0434. The number of hydrogen-bond acceptors (Lipinski definition) is 3. The van der Waals surface area contributed by atoms with Crippen LogP contribution in [0.4, 0.5) is 0 Å². The van der Waals surface area contributed by atoms with Crippen LogP contribution in [0.1, 0.15) is 58.2 Å². The van der Waals surface area contributed by atoms with E-state index in [0.29, 0.717) is 0 Å². The summed E-state index contributed by atoms with van der Waals surface area (Å²) in [5, 5.41) is 5.53. The van der Waals surface area contributed by atoms with Crippen LogP contribution >= 0.6 is 0 Å². The van der Waals surface area contributed by atoms with E-state index in [1.165, 1.54) is 0 Å². The van der Waals surface area contributed by atoms with Gasteiger partial charge in [0, 0.05) is 30.9 Å². The maximum Gasteiger partial charge on any atom is 0.255 e. The number of amides is 1. The van der Waals surface area contributed by atoms with E-state index in [9.17, 15) is 4.79 Å². The van der Waals surface area contributed by atoms with E-state index in [4.69, 9.17) is 4.98 Å². The Hall–Kier alpha value is -2.69. The van der Waals surface area contributed by atoms with Gasteiger partial charge in [0.1, 0.15) is 0 Å². The molecule has 1 atom stereocenters. The maximum atomic E-state index is 13.6. The van der Waals surface area contributed by atoms with Crippen molar-refractivity contribution >= 4 is 16.8 Å². The van der Waals surface area contributed by atoms with Crippen LogP contribution < -0.4 is 0 Å². The van der Waals surface area contributed by atoms with Crippen molar-refractivity contribution < 1.29 is 4.79 Å². The van der Waals surface area contributed by atoms with E-state index in [0.717, 1.165) is 64.8 Å². The van der Waals surface area contributed by atoms with E-state index in [1.54, 1.807) is 0 Å². The SMILES string of the molecule is Cc1cc(C)c2nc(C)cc(C(=O)N3CCCCC3c3ccn(C)n3)c2c1. The molecule has 0 aliphatic carbocycles. The van der Waals surface area contributed by atoms with Crippen LogP contribution in [0.2, 0.25) is 0 Å². The lowest BCUT2D eigenvalue weighted by Crippen LogP contribution is -2.39. The number of likely N-dealkylation sites (tertiary alicyclic amines) is 1. The molecule has 4 rings (SSSR count). The summed E-state index contributed by atoms with van der Waals surface area (Å²) < 4.78 is 1.81. The van der Waals surface area contributed by atoms with Crippen molar-refractivity contribution in [1.82, 2.24) is 19.7 Å². The van der Waals surface area contributed by atoms with Crippen molar-refractivity contribution in [2.24, 2.45) is 7.05 Å². The highest BCUT2D eigenvalue weighted by Crippen LogP contribution is 2.33. The lowest BCUT2D eigenvalue weighted by Gasteiger charge is -2.35. The van der Waals surface area contributed by atoms with Crippen LogP contribution in [-0.2, 0) is 7.05 Å². The third-order valence-corrected chi connectivity index (χ3v) is 5.45. The van der Waals surface area contributed by atoms with Gasteiger partial charge in [0.2, 0.25) is 0 Å². The number of nitrogens with zero attached hydrogens (tertiary/aromatic N) is 4. The van der Waals surface area contributed by atoms with E-state index in [1.807, 2.05) is 41.9 Å². The van der Waals surface area contributed by atoms with Crippen LogP contribution in [0.25, 0.3) is 10.9 Å². The van der Waals surface area contributed by atoms with Crippen LogP contribution in [0.3, 0.4) is 0 Å². The van der Waals surface area contributed by atoms with Gasteiger partial charge < -0.3 is 4.90 Å². The van der Waals surface area contributed by atoms with E-state index in [2.05, 4.69) is 31.1 Å². The Morgan fingerprint density at radius 2 is 1.96 bits per heavy atom. The van der Waals surface area contributed by atoms with Crippen molar-refractivity contribution in [3.63, 3.8) is 0 Å². The highest BCUT2D eigenvalue weighted by molar-refractivity contribution is 6.07. The van der Waals surface area contributed by atoms with Crippen molar-refractivity contribution in [2.45, 2.75) is 46.1 Å². The first-order chi connectivity index (χ1) is 12.9. The number of aryl methyl sites for hydroxylation is 4. The Kier molecular flexibility index (Phi) is 4.46. The molecule has 1 fully saturated rings. The van der Waals surface area contributed by atoms with Crippen LogP contribution in [0, 0.1) is 20.8 Å². The minimum absolute atomic E-state index is 0.0434. The first-order valence-electron chi connectivity index (χ1n) is 9.63. The van der Waals surface area contributed by atoms with Crippen LogP contribution in [-0.4, -0.2) is 32.1 Å². The summed E-state index contributed by atoms with van der Waals surface area (Å²) >= 11 is 0. The number of fused-ring (bicyclic) bond motifs is 1. The van der Waals surface area contributed by atoms with Crippen LogP contribution in [0.5, 0.6) is 0 Å². The summed E-state index contributed by atoms with van der Waals surface area (Å²) in [4.78, 5) is 20.4. The Labute approximate surface area is 160 Å². The first kappa shape index (κ1) is 17.7. The quantitative estimate of drug-likeness (QED) is 0.684. The molecule has 0 saturated carbocycles. The highest BCUT2D eigenvalue weighted by Gasteiger charge is 2.31. The van der Waals surface area contributed by atoms with E-state index >= 15 is 0 Å². The summed E-state index contributed by atoms with van der Waals surface area (Å²) in [5.74, 6) is 0.0888. The minimum Gasteiger partial charge on any atom is -0.330 e. The van der Waals surface area contributed by atoms with Crippen molar-refractivity contribution in [2.75, 3.05) is 6.54 Å². The molecule has 2 aromatic heterocycles. The molecule has 27 heavy (non-hydrogen) atoms. The summed E-state index contributed by atoms with van der Waals surface area (Å²) in [6.45, 7) is 6.86. The fourth-order valence-electron chi connectivity index (χ4n) is 4.23. The molecule has 5 heteroatoms. The average Bonchev–Trinajstić information content (AvgIpc) is 3.07. The standard InChI is InChI=1S/C22H26N4O/c1-14-11-15(2)21-17(12-14)18(13-16(3)23-21)22(27)26-9-6-5-7-20(26)19-8-10-25(4)24-19/h8,10-13,20H,5-7,9H2,1-4H3. The molecule has 5 nitrogen and oxygen atoms in total. The Morgan fingerprint density at radius 3 is 2.70 bits per heavy atom. The Bertz CT molecular complexity index is 1020. The fourth-order valence-corrected chi connectivity index (χ4v) is 4.23. The second kappa shape index (κ2) is 6.80. The maximum absolute atomic E-state index is 13.6. The summed E-state index contributed by atoms with van der Waals surface area (Å²) in [6.07, 6.45) is 5.07. The fraction of sp³-hybridized carbons (Fsp3) is 0.409. The van der Waals surface area contributed by atoms with Gasteiger partial charge in [0.15, 0.2) is 0 Å². The molecule has 3 aromatic rings. The van der Waals surface area contributed by atoms with Gasteiger partial charge in [-0.05, 0) is 63.8 Å². The molecule has 1 aliphatic rings. The zero-order chi connectivity index (χ0) is 19.1. The van der Waals surface area contributed by atoms with Gasteiger partial charge in [-0.3, -0.25) is 14.5 Å². The topological polar surface area (TPSA) is 51.0 Å². The van der Waals surface area contributed by atoms with Gasteiger partial charge in [0.25, 0.3) is 5.91 Å². The number of aromatic nitrogens is 3. The number of benzene rings is 1. The first-order valence-corrected chi connectivity index (χ1v) is 9.63. The third-order valence-electron chi connectivity index (χ3n) is 5.45. The average molecular weight is 362 g/mol. The number of carbonyl (C=O) groups is 1. The largest absolute Gasteiger partial charge is 0.330 e. The van der Waals surface area contributed by atoms with Gasteiger partial charge in [-0.1, -0.05) is 11.6 Å². The molecule has 1 amide bonds. The molecule has 1 unspecified atom stereocenters. The number of rotatable bonds is 2. The molecule has 0 bridgehead atoms. The Morgan fingerprint density at radius 1 is 1.15 bits per heavy atom. The number of carbonyl (C=O) groups excluding carboxylic acids is 1. The van der Waals surface area contributed by atoms with Crippen molar-refractivity contribution in [3.05, 3.63) is 58.5 Å². The smallest absolute Gasteiger partial charge is 0.255 e. The number of pyridine rings is 1. The van der Waals surface area contributed by atoms with Gasteiger partial charge in [-0.15, -0.1) is 0 Å².